The van der Waals surface area contributed by atoms with Crippen molar-refractivity contribution in [3.63, 3.8) is 0 Å². The van der Waals surface area contributed by atoms with Gasteiger partial charge in [0, 0.05) is 31.4 Å². The number of alkyl halides is 3. The van der Waals surface area contributed by atoms with Gasteiger partial charge in [-0.05, 0) is 50.2 Å². The Hall–Kier alpha value is -2.06. The Morgan fingerprint density at radius 3 is 2.07 bits per heavy atom. The number of hydrogen-bond donors (Lipinski definition) is 0. The Bertz CT molecular complexity index is 894. The predicted octanol–water partition coefficient (Wildman–Crippen LogP) is 3.91. The molecule has 1 atom stereocenters. The first kappa shape index (κ1) is 19.7. The molecule has 0 N–H and O–H groups in total. The Morgan fingerprint density at radius 2 is 1.56 bits per heavy atom. The van der Waals surface area contributed by atoms with Gasteiger partial charge in [0.1, 0.15) is 0 Å². The first-order chi connectivity index (χ1) is 12.6. The monoisotopic (exact) mass is 398 g/mol. The summed E-state index contributed by atoms with van der Waals surface area (Å²) in [5.74, 6) is 0. The van der Waals surface area contributed by atoms with E-state index in [9.17, 15) is 21.6 Å². The molecule has 1 saturated heterocycles. The lowest BCUT2D eigenvalue weighted by atomic mass is 10.1. The molecule has 8 heteroatoms. The second-order valence-corrected chi connectivity index (χ2v) is 8.70. The van der Waals surface area contributed by atoms with Crippen LogP contribution in [-0.2, 0) is 16.2 Å². The van der Waals surface area contributed by atoms with E-state index in [-0.39, 0.29) is 24.0 Å². The molecule has 0 saturated carbocycles. The molecular weight excluding hydrogens is 377 g/mol. The maximum Gasteiger partial charge on any atom is 0.416 e. The SMILES string of the molecule is Cc1ccc(N2CCN(S(=O)(=O)c3ccc(C(F)(F)F)cc3)CC2C)cc1. The van der Waals surface area contributed by atoms with Crippen molar-refractivity contribution in [1.29, 1.82) is 0 Å². The molecule has 0 amide bonds. The minimum atomic E-state index is -4.49. The number of anilines is 1. The number of benzene rings is 2. The van der Waals surface area contributed by atoms with E-state index in [4.69, 9.17) is 0 Å². The van der Waals surface area contributed by atoms with Crippen LogP contribution in [-0.4, -0.2) is 38.4 Å². The first-order valence-electron chi connectivity index (χ1n) is 8.60. The number of hydrogen-bond acceptors (Lipinski definition) is 3. The van der Waals surface area contributed by atoms with Gasteiger partial charge >= 0.3 is 6.18 Å². The topological polar surface area (TPSA) is 40.6 Å². The second kappa shape index (κ2) is 7.16. The molecule has 0 radical (unpaired) electrons. The van der Waals surface area contributed by atoms with E-state index in [0.29, 0.717) is 6.54 Å². The van der Waals surface area contributed by atoms with E-state index >= 15 is 0 Å². The average Bonchev–Trinajstić information content (AvgIpc) is 2.62. The van der Waals surface area contributed by atoms with Crippen LogP contribution in [0.3, 0.4) is 0 Å². The molecule has 2 aromatic rings. The van der Waals surface area contributed by atoms with Gasteiger partial charge in [-0.3, -0.25) is 0 Å². The van der Waals surface area contributed by atoms with Crippen molar-refractivity contribution in [2.75, 3.05) is 24.5 Å². The van der Waals surface area contributed by atoms with Crippen LogP contribution in [0.15, 0.2) is 53.4 Å². The summed E-state index contributed by atoms with van der Waals surface area (Å²) < 4.78 is 65.0. The highest BCUT2D eigenvalue weighted by Gasteiger charge is 2.34. The summed E-state index contributed by atoms with van der Waals surface area (Å²) in [7, 11) is -3.83. The van der Waals surface area contributed by atoms with Crippen molar-refractivity contribution in [3.8, 4) is 0 Å². The van der Waals surface area contributed by atoms with Crippen molar-refractivity contribution in [2.24, 2.45) is 0 Å². The van der Waals surface area contributed by atoms with Gasteiger partial charge in [0.2, 0.25) is 10.0 Å². The number of nitrogens with zero attached hydrogens (tertiary/aromatic N) is 2. The Morgan fingerprint density at radius 1 is 0.963 bits per heavy atom. The van der Waals surface area contributed by atoms with Crippen LogP contribution < -0.4 is 4.90 Å². The zero-order chi connectivity index (χ0) is 19.8. The Labute approximate surface area is 157 Å². The molecule has 4 nitrogen and oxygen atoms in total. The lowest BCUT2D eigenvalue weighted by Gasteiger charge is -2.40. The second-order valence-electron chi connectivity index (χ2n) is 6.76. The molecule has 1 aliphatic rings. The maximum atomic E-state index is 12.8. The molecule has 3 rings (SSSR count). The van der Waals surface area contributed by atoms with Crippen LogP contribution in [0, 0.1) is 6.92 Å². The minimum absolute atomic E-state index is 0.0503. The van der Waals surface area contributed by atoms with Crippen molar-refractivity contribution in [3.05, 3.63) is 59.7 Å². The number of sulfonamides is 1. The molecule has 0 bridgehead atoms. The molecule has 0 spiro atoms. The fraction of sp³-hybridized carbons (Fsp3) is 0.368. The van der Waals surface area contributed by atoms with Crippen LogP contribution in [0.4, 0.5) is 18.9 Å². The van der Waals surface area contributed by atoms with Crippen LogP contribution in [0.5, 0.6) is 0 Å². The average molecular weight is 398 g/mol. The van der Waals surface area contributed by atoms with Crippen molar-refractivity contribution in [2.45, 2.75) is 31.0 Å². The summed E-state index contributed by atoms with van der Waals surface area (Å²) in [4.78, 5) is 2.02. The van der Waals surface area contributed by atoms with Gasteiger partial charge in [-0.15, -0.1) is 0 Å². The lowest BCUT2D eigenvalue weighted by molar-refractivity contribution is -0.137. The summed E-state index contributed by atoms with van der Waals surface area (Å²) in [6.07, 6.45) is -4.49. The fourth-order valence-corrected chi connectivity index (χ4v) is 4.74. The van der Waals surface area contributed by atoms with Crippen molar-refractivity contribution >= 4 is 15.7 Å². The van der Waals surface area contributed by atoms with Gasteiger partial charge < -0.3 is 4.90 Å². The van der Waals surface area contributed by atoms with E-state index in [0.717, 1.165) is 35.5 Å². The minimum Gasteiger partial charge on any atom is -0.366 e. The fourth-order valence-electron chi connectivity index (χ4n) is 3.23. The van der Waals surface area contributed by atoms with E-state index in [1.807, 2.05) is 38.1 Å². The summed E-state index contributed by atoms with van der Waals surface area (Å²) in [5, 5.41) is 0. The van der Waals surface area contributed by atoms with Crippen LogP contribution >= 0.6 is 0 Å². The van der Waals surface area contributed by atoms with Gasteiger partial charge in [-0.25, -0.2) is 8.42 Å². The molecule has 1 heterocycles. The van der Waals surface area contributed by atoms with Crippen LogP contribution in [0.25, 0.3) is 0 Å². The number of rotatable bonds is 3. The summed E-state index contributed by atoms with van der Waals surface area (Å²) >= 11 is 0. The van der Waals surface area contributed by atoms with Crippen molar-refractivity contribution in [1.82, 2.24) is 4.31 Å². The quantitative estimate of drug-likeness (QED) is 0.787. The normalized spacial score (nSPS) is 19.3. The van der Waals surface area contributed by atoms with E-state index in [1.165, 1.54) is 4.31 Å². The Kier molecular flexibility index (Phi) is 5.22. The van der Waals surface area contributed by atoms with Crippen LogP contribution in [0.2, 0.25) is 0 Å². The highest BCUT2D eigenvalue weighted by molar-refractivity contribution is 7.89. The van der Waals surface area contributed by atoms with Crippen LogP contribution in [0.1, 0.15) is 18.1 Å². The molecule has 1 fully saturated rings. The molecule has 1 unspecified atom stereocenters. The van der Waals surface area contributed by atoms with Gasteiger partial charge in [0.25, 0.3) is 0 Å². The van der Waals surface area contributed by atoms with Gasteiger partial charge in [0.15, 0.2) is 0 Å². The first-order valence-corrected chi connectivity index (χ1v) is 10.0. The zero-order valence-corrected chi connectivity index (χ0v) is 15.9. The molecule has 0 aliphatic carbocycles. The lowest BCUT2D eigenvalue weighted by Crippen LogP contribution is -2.53. The van der Waals surface area contributed by atoms with Gasteiger partial charge in [-0.2, -0.15) is 17.5 Å². The van der Waals surface area contributed by atoms with Crippen molar-refractivity contribution < 1.29 is 21.6 Å². The number of piperazine rings is 1. The van der Waals surface area contributed by atoms with Gasteiger partial charge in [-0.1, -0.05) is 17.7 Å². The largest absolute Gasteiger partial charge is 0.416 e. The third kappa shape index (κ3) is 4.11. The number of halogens is 3. The molecule has 27 heavy (non-hydrogen) atoms. The summed E-state index contributed by atoms with van der Waals surface area (Å²) in [6.45, 7) is 5.01. The molecule has 146 valence electrons. The number of aryl methyl sites for hydroxylation is 1. The summed E-state index contributed by atoms with van der Waals surface area (Å²) in [6, 6.07) is 11.6. The highest BCUT2D eigenvalue weighted by atomic mass is 32.2. The standard InChI is InChI=1S/C19H21F3N2O2S/c1-14-3-7-17(8-4-14)24-12-11-23(13-15(24)2)27(25,26)18-9-5-16(6-10-18)19(20,21)22/h3-10,15H,11-13H2,1-2H3. The van der Waals surface area contributed by atoms with E-state index < -0.39 is 21.8 Å². The zero-order valence-electron chi connectivity index (χ0n) is 15.1. The third-order valence-corrected chi connectivity index (χ3v) is 6.65. The third-order valence-electron chi connectivity index (χ3n) is 4.78. The molecule has 0 aromatic heterocycles. The highest BCUT2D eigenvalue weighted by Crippen LogP contribution is 2.31. The predicted molar refractivity (Wildman–Crippen MR) is 98.2 cm³/mol. The van der Waals surface area contributed by atoms with E-state index in [2.05, 4.69) is 4.90 Å². The molecule has 1 aliphatic heterocycles. The molecule has 2 aromatic carbocycles. The Balaban J connectivity index is 1.76. The summed E-state index contributed by atoms with van der Waals surface area (Å²) in [5.41, 5.74) is 1.31. The molecular formula is C19H21F3N2O2S. The maximum absolute atomic E-state index is 12.8. The van der Waals surface area contributed by atoms with E-state index in [1.54, 1.807) is 0 Å². The smallest absolute Gasteiger partial charge is 0.366 e. The van der Waals surface area contributed by atoms with Gasteiger partial charge in [0.05, 0.1) is 10.5 Å².